The number of carbonyl (C=O) groups is 1. The van der Waals surface area contributed by atoms with Crippen LogP contribution in [0.4, 0.5) is 0 Å². The van der Waals surface area contributed by atoms with Crippen LogP contribution in [0.1, 0.15) is 47.0 Å². The van der Waals surface area contributed by atoms with E-state index in [2.05, 4.69) is 17.1 Å². The molecule has 1 aromatic carbocycles. The molecule has 2 aromatic rings. The van der Waals surface area contributed by atoms with Gasteiger partial charge in [0, 0.05) is 26.2 Å². The van der Waals surface area contributed by atoms with Gasteiger partial charge in [0.2, 0.25) is 10.0 Å². The minimum atomic E-state index is -3.72. The molecule has 31 heavy (non-hydrogen) atoms. The first kappa shape index (κ1) is 22.5. The highest BCUT2D eigenvalue weighted by Gasteiger charge is 2.32. The number of rotatable bonds is 7. The topological polar surface area (TPSA) is 69.7 Å². The highest BCUT2D eigenvalue weighted by atomic mass is 32.2. The molecule has 2 aliphatic heterocycles. The molecule has 0 saturated carbocycles. The second kappa shape index (κ2) is 9.81. The molecule has 1 fully saturated rings. The third-order valence-corrected chi connectivity index (χ3v) is 9.16. The molecule has 0 aliphatic carbocycles. The minimum absolute atomic E-state index is 0.124. The normalized spacial score (nSPS) is 20.4. The number of thiophene rings is 1. The fourth-order valence-electron chi connectivity index (χ4n) is 4.55. The SMILES string of the molecule is CC1CCCN(CCCNC(=O)c2sccc2S(=O)(=O)N2CCc3ccccc3C2)C1. The zero-order valence-electron chi connectivity index (χ0n) is 18.0. The zero-order chi connectivity index (χ0) is 21.8. The molecule has 1 aromatic heterocycles. The van der Waals surface area contributed by atoms with Gasteiger partial charge in [-0.05, 0) is 67.3 Å². The molecule has 6 nitrogen and oxygen atoms in total. The van der Waals surface area contributed by atoms with Crippen molar-refractivity contribution in [1.82, 2.24) is 14.5 Å². The van der Waals surface area contributed by atoms with E-state index in [1.54, 1.807) is 11.4 Å². The maximum atomic E-state index is 13.3. The third-order valence-electron chi connectivity index (χ3n) is 6.23. The summed E-state index contributed by atoms with van der Waals surface area (Å²) >= 11 is 1.19. The number of carbonyl (C=O) groups excluding carboxylic acids is 1. The standard InChI is InChI=1S/C23H31N3O3S2/c1-18-6-4-12-25(16-18)13-5-11-24-23(27)22-21(10-15-30-22)31(28,29)26-14-9-19-7-2-3-8-20(19)17-26/h2-3,7-8,10,15,18H,4-6,9,11-14,16-17H2,1H3,(H,24,27). The van der Waals surface area contributed by atoms with Crippen LogP contribution in [0.5, 0.6) is 0 Å². The quantitative estimate of drug-likeness (QED) is 0.642. The highest BCUT2D eigenvalue weighted by molar-refractivity contribution is 7.89. The first-order valence-electron chi connectivity index (χ1n) is 11.1. The largest absolute Gasteiger partial charge is 0.351 e. The molecular formula is C23H31N3O3S2. The molecule has 2 aliphatic rings. The zero-order valence-corrected chi connectivity index (χ0v) is 19.7. The molecule has 0 spiro atoms. The van der Waals surface area contributed by atoms with Crippen molar-refractivity contribution in [3.8, 4) is 0 Å². The van der Waals surface area contributed by atoms with Crippen LogP contribution < -0.4 is 5.32 Å². The maximum absolute atomic E-state index is 13.3. The van der Waals surface area contributed by atoms with Crippen LogP contribution >= 0.6 is 11.3 Å². The van der Waals surface area contributed by atoms with E-state index < -0.39 is 10.0 Å². The van der Waals surface area contributed by atoms with Gasteiger partial charge in [-0.25, -0.2) is 8.42 Å². The predicted molar refractivity (Wildman–Crippen MR) is 124 cm³/mol. The van der Waals surface area contributed by atoms with E-state index in [9.17, 15) is 13.2 Å². The molecule has 1 saturated heterocycles. The Morgan fingerprint density at radius 1 is 1.19 bits per heavy atom. The molecule has 168 valence electrons. The number of hydrogen-bond acceptors (Lipinski definition) is 5. The van der Waals surface area contributed by atoms with E-state index in [0.29, 0.717) is 26.1 Å². The van der Waals surface area contributed by atoms with Crippen molar-refractivity contribution in [1.29, 1.82) is 0 Å². The summed E-state index contributed by atoms with van der Waals surface area (Å²) in [5.41, 5.74) is 2.23. The number of fused-ring (bicyclic) bond motifs is 1. The Labute approximate surface area is 189 Å². The van der Waals surface area contributed by atoms with E-state index in [-0.39, 0.29) is 15.7 Å². The van der Waals surface area contributed by atoms with Gasteiger partial charge in [-0.1, -0.05) is 31.2 Å². The monoisotopic (exact) mass is 461 g/mol. The second-order valence-electron chi connectivity index (χ2n) is 8.63. The van der Waals surface area contributed by atoms with Crippen LogP contribution in [-0.4, -0.2) is 56.3 Å². The molecule has 1 N–H and O–H groups in total. The molecular weight excluding hydrogens is 430 g/mol. The number of piperidine rings is 1. The summed E-state index contributed by atoms with van der Waals surface area (Å²) in [6.45, 7) is 6.85. The maximum Gasteiger partial charge on any atom is 0.262 e. The lowest BCUT2D eigenvalue weighted by atomic mass is 10.0. The van der Waals surface area contributed by atoms with Crippen molar-refractivity contribution in [2.75, 3.05) is 32.7 Å². The highest BCUT2D eigenvalue weighted by Crippen LogP contribution is 2.29. The van der Waals surface area contributed by atoms with Crippen molar-refractivity contribution < 1.29 is 13.2 Å². The molecule has 8 heteroatoms. The second-order valence-corrected chi connectivity index (χ2v) is 11.5. The van der Waals surface area contributed by atoms with E-state index >= 15 is 0 Å². The fourth-order valence-corrected chi connectivity index (χ4v) is 7.29. The number of likely N-dealkylation sites (tertiary alicyclic amines) is 1. The number of nitrogens with one attached hydrogen (secondary N) is 1. The van der Waals surface area contributed by atoms with E-state index in [1.807, 2.05) is 24.3 Å². The Bertz CT molecular complexity index is 1020. The van der Waals surface area contributed by atoms with E-state index in [4.69, 9.17) is 0 Å². The van der Waals surface area contributed by atoms with Gasteiger partial charge < -0.3 is 10.2 Å². The Balaban J connectivity index is 1.36. The molecule has 1 unspecified atom stereocenters. The number of nitrogens with zero attached hydrogens (tertiary/aromatic N) is 2. The molecule has 1 atom stereocenters. The summed E-state index contributed by atoms with van der Waals surface area (Å²) < 4.78 is 28.1. The van der Waals surface area contributed by atoms with Gasteiger partial charge in [0.15, 0.2) is 0 Å². The van der Waals surface area contributed by atoms with Crippen molar-refractivity contribution in [3.05, 3.63) is 51.7 Å². The molecule has 1 amide bonds. The Morgan fingerprint density at radius 3 is 2.81 bits per heavy atom. The smallest absolute Gasteiger partial charge is 0.262 e. The van der Waals surface area contributed by atoms with Gasteiger partial charge in [-0.15, -0.1) is 11.3 Å². The van der Waals surface area contributed by atoms with Crippen molar-refractivity contribution in [2.45, 2.75) is 44.0 Å². The van der Waals surface area contributed by atoms with Crippen LogP contribution in [0.25, 0.3) is 0 Å². The summed E-state index contributed by atoms with van der Waals surface area (Å²) in [5.74, 6) is 0.446. The van der Waals surface area contributed by atoms with Gasteiger partial charge in [-0.2, -0.15) is 4.31 Å². The van der Waals surface area contributed by atoms with Crippen molar-refractivity contribution in [2.24, 2.45) is 5.92 Å². The number of amides is 1. The molecule has 0 bridgehead atoms. The van der Waals surface area contributed by atoms with E-state index in [0.717, 1.165) is 37.5 Å². The Morgan fingerprint density at radius 2 is 2.00 bits per heavy atom. The first-order valence-corrected chi connectivity index (χ1v) is 13.4. The molecule has 4 rings (SSSR count). The summed E-state index contributed by atoms with van der Waals surface area (Å²) in [6.07, 6.45) is 4.10. The number of sulfonamides is 1. The molecule has 0 radical (unpaired) electrons. The Kier molecular flexibility index (Phi) is 7.11. The first-order chi connectivity index (χ1) is 14.9. The lowest BCUT2D eigenvalue weighted by molar-refractivity contribution is 0.0951. The van der Waals surface area contributed by atoms with Crippen LogP contribution in [0.15, 0.2) is 40.6 Å². The van der Waals surface area contributed by atoms with Gasteiger partial charge >= 0.3 is 0 Å². The van der Waals surface area contributed by atoms with Crippen LogP contribution in [0.3, 0.4) is 0 Å². The lowest BCUT2D eigenvalue weighted by Gasteiger charge is -2.30. The van der Waals surface area contributed by atoms with Gasteiger partial charge in [0.05, 0.1) is 0 Å². The van der Waals surface area contributed by atoms with Gasteiger partial charge in [0.1, 0.15) is 9.77 Å². The van der Waals surface area contributed by atoms with Crippen LogP contribution in [0, 0.1) is 5.92 Å². The van der Waals surface area contributed by atoms with Gasteiger partial charge in [0.25, 0.3) is 5.91 Å². The summed E-state index contributed by atoms with van der Waals surface area (Å²) in [4.78, 5) is 15.6. The third kappa shape index (κ3) is 5.19. The average Bonchev–Trinajstić information content (AvgIpc) is 3.27. The van der Waals surface area contributed by atoms with Crippen molar-refractivity contribution >= 4 is 27.3 Å². The summed E-state index contributed by atoms with van der Waals surface area (Å²) in [5, 5.41) is 4.62. The average molecular weight is 462 g/mol. The predicted octanol–water partition coefficient (Wildman–Crippen LogP) is 3.35. The van der Waals surface area contributed by atoms with E-state index in [1.165, 1.54) is 34.0 Å². The number of hydrogen-bond donors (Lipinski definition) is 1. The fraction of sp³-hybridized carbons (Fsp3) is 0.522. The van der Waals surface area contributed by atoms with Crippen molar-refractivity contribution in [3.63, 3.8) is 0 Å². The summed E-state index contributed by atoms with van der Waals surface area (Å²) in [6, 6.07) is 9.50. The minimum Gasteiger partial charge on any atom is -0.351 e. The molecule has 3 heterocycles. The number of benzene rings is 1. The Hall–Kier alpha value is -1.74. The van der Waals surface area contributed by atoms with Gasteiger partial charge in [-0.3, -0.25) is 4.79 Å². The summed E-state index contributed by atoms with van der Waals surface area (Å²) in [7, 11) is -3.72. The van der Waals surface area contributed by atoms with Crippen LogP contribution in [0.2, 0.25) is 0 Å². The lowest BCUT2D eigenvalue weighted by Crippen LogP contribution is -2.37. The van der Waals surface area contributed by atoms with Crippen LogP contribution in [-0.2, 0) is 23.0 Å².